The van der Waals surface area contributed by atoms with Crippen molar-refractivity contribution in [3.05, 3.63) is 48.0 Å². The molecular formula is C25H34ClN3O3S. The summed E-state index contributed by atoms with van der Waals surface area (Å²) < 4.78 is 12.3. The first kappa shape index (κ1) is 26.9. The van der Waals surface area contributed by atoms with Crippen LogP contribution in [0.2, 0.25) is 0 Å². The molecule has 0 saturated heterocycles. The molecule has 33 heavy (non-hydrogen) atoms. The Kier molecular flexibility index (Phi) is 10.9. The summed E-state index contributed by atoms with van der Waals surface area (Å²) in [6.45, 7) is 10.3. The summed E-state index contributed by atoms with van der Waals surface area (Å²) in [5.74, 6) is 1.36. The van der Waals surface area contributed by atoms with E-state index >= 15 is 0 Å². The van der Waals surface area contributed by atoms with Gasteiger partial charge in [-0.1, -0.05) is 50.7 Å². The van der Waals surface area contributed by atoms with Gasteiger partial charge in [-0.25, -0.2) is 4.98 Å². The maximum Gasteiger partial charge on any atom is 0.260 e. The van der Waals surface area contributed by atoms with E-state index in [4.69, 9.17) is 14.5 Å². The molecule has 8 heteroatoms. The number of likely N-dealkylation sites (N-methyl/N-ethyl adjacent to an activating group) is 1. The number of carbonyl (C=O) groups is 1. The fraction of sp³-hybridized carbons (Fsp3) is 0.440. The zero-order valence-corrected chi connectivity index (χ0v) is 21.5. The number of carbonyl (C=O) groups excluding carboxylic acids is 1. The van der Waals surface area contributed by atoms with E-state index in [2.05, 4.69) is 25.7 Å². The van der Waals surface area contributed by atoms with Gasteiger partial charge in [0.15, 0.2) is 5.13 Å². The van der Waals surface area contributed by atoms with Crippen LogP contribution in [0.3, 0.4) is 0 Å². The molecule has 0 aliphatic carbocycles. The second-order valence-electron chi connectivity index (χ2n) is 7.52. The van der Waals surface area contributed by atoms with Crippen LogP contribution < -0.4 is 14.4 Å². The molecule has 0 aliphatic rings. The Morgan fingerprint density at radius 3 is 2.52 bits per heavy atom. The molecule has 1 amide bonds. The normalized spacial score (nSPS) is 10.8. The number of thiazole rings is 1. The lowest BCUT2D eigenvalue weighted by Gasteiger charge is -2.25. The van der Waals surface area contributed by atoms with Crippen molar-refractivity contribution >= 4 is 45.0 Å². The van der Waals surface area contributed by atoms with Gasteiger partial charge in [0.2, 0.25) is 0 Å². The third kappa shape index (κ3) is 6.82. The van der Waals surface area contributed by atoms with E-state index in [9.17, 15) is 4.79 Å². The van der Waals surface area contributed by atoms with Crippen LogP contribution in [0.1, 0.15) is 44.0 Å². The quantitative estimate of drug-likeness (QED) is 0.295. The minimum absolute atomic E-state index is 0. The number of nitrogens with zero attached hydrogens (tertiary/aromatic N) is 3. The molecule has 3 rings (SSSR count). The van der Waals surface area contributed by atoms with E-state index in [-0.39, 0.29) is 18.3 Å². The highest BCUT2D eigenvalue weighted by Crippen LogP contribution is 2.34. The molecule has 0 atom stereocenters. The van der Waals surface area contributed by atoms with Crippen LogP contribution in [0, 0.1) is 0 Å². The van der Waals surface area contributed by atoms with Gasteiger partial charge in [0.05, 0.1) is 18.4 Å². The predicted octanol–water partition coefficient (Wildman–Crippen LogP) is 5.89. The number of benzene rings is 2. The average Bonchev–Trinajstić information content (AvgIpc) is 3.26. The van der Waals surface area contributed by atoms with Crippen molar-refractivity contribution in [1.82, 2.24) is 9.88 Å². The number of ether oxygens (including phenoxy) is 2. The number of unbranched alkanes of at least 4 members (excludes halogenated alkanes) is 1. The molecule has 0 saturated carbocycles. The number of aromatic nitrogens is 1. The summed E-state index contributed by atoms with van der Waals surface area (Å²) in [5.41, 5.74) is 1.39. The molecular weight excluding hydrogens is 458 g/mol. The van der Waals surface area contributed by atoms with Gasteiger partial charge in [0.25, 0.3) is 5.91 Å². The molecule has 0 radical (unpaired) electrons. The Balaban J connectivity index is 0.00000385. The third-order valence-electron chi connectivity index (χ3n) is 5.45. The van der Waals surface area contributed by atoms with Crippen LogP contribution in [0.5, 0.6) is 11.5 Å². The van der Waals surface area contributed by atoms with Crippen molar-refractivity contribution in [2.75, 3.05) is 44.8 Å². The van der Waals surface area contributed by atoms with E-state index < -0.39 is 0 Å². The Hall–Kier alpha value is -2.35. The highest BCUT2D eigenvalue weighted by atomic mass is 35.5. The van der Waals surface area contributed by atoms with E-state index in [1.807, 2.05) is 42.5 Å². The molecule has 1 aromatic heterocycles. The monoisotopic (exact) mass is 491 g/mol. The van der Waals surface area contributed by atoms with Gasteiger partial charge in [0.1, 0.15) is 17.0 Å². The number of halogens is 1. The summed E-state index contributed by atoms with van der Waals surface area (Å²) in [4.78, 5) is 22.5. The average molecular weight is 492 g/mol. The van der Waals surface area contributed by atoms with Crippen LogP contribution in [-0.2, 0) is 0 Å². The molecule has 0 fully saturated rings. The van der Waals surface area contributed by atoms with E-state index in [0.717, 1.165) is 48.4 Å². The largest absolute Gasteiger partial charge is 0.494 e. The highest BCUT2D eigenvalue weighted by Gasteiger charge is 2.23. The van der Waals surface area contributed by atoms with Crippen molar-refractivity contribution < 1.29 is 14.3 Å². The number of rotatable bonds is 12. The van der Waals surface area contributed by atoms with Gasteiger partial charge in [-0.3, -0.25) is 9.69 Å². The summed E-state index contributed by atoms with van der Waals surface area (Å²) >= 11 is 1.51. The van der Waals surface area contributed by atoms with Crippen molar-refractivity contribution in [1.29, 1.82) is 0 Å². The lowest BCUT2D eigenvalue weighted by molar-refractivity contribution is 0.0983. The number of para-hydroxylation sites is 1. The first-order valence-corrected chi connectivity index (χ1v) is 12.1. The topological polar surface area (TPSA) is 54.9 Å². The first-order valence-electron chi connectivity index (χ1n) is 11.3. The molecule has 3 aromatic rings. The Labute approximate surface area is 206 Å². The van der Waals surface area contributed by atoms with Gasteiger partial charge < -0.3 is 14.4 Å². The molecule has 0 aliphatic heterocycles. The van der Waals surface area contributed by atoms with Crippen LogP contribution in [0.25, 0.3) is 10.2 Å². The lowest BCUT2D eigenvalue weighted by Crippen LogP contribution is -2.38. The van der Waals surface area contributed by atoms with Gasteiger partial charge in [0, 0.05) is 18.7 Å². The van der Waals surface area contributed by atoms with E-state index in [0.29, 0.717) is 29.6 Å². The zero-order chi connectivity index (χ0) is 22.9. The molecule has 2 aromatic carbocycles. The minimum Gasteiger partial charge on any atom is -0.494 e. The van der Waals surface area contributed by atoms with Crippen molar-refractivity contribution in [3.8, 4) is 11.5 Å². The maximum absolute atomic E-state index is 13.6. The standard InChI is InChI=1S/C25H33N3O3S.ClH/c1-5-8-17-31-20-12-9-11-19(18-20)24(29)28(16-15-27(6-2)7-3)25-26-23-21(30-4)13-10-14-22(23)32-25;/h9-14,18H,5-8,15-17H2,1-4H3;1H. The number of hydrogen-bond acceptors (Lipinski definition) is 6. The smallest absolute Gasteiger partial charge is 0.260 e. The summed E-state index contributed by atoms with van der Waals surface area (Å²) in [7, 11) is 1.64. The van der Waals surface area contributed by atoms with Gasteiger partial charge in [-0.2, -0.15) is 0 Å². The molecule has 6 nitrogen and oxygen atoms in total. The minimum atomic E-state index is -0.0730. The molecule has 180 valence electrons. The third-order valence-corrected chi connectivity index (χ3v) is 6.49. The summed E-state index contributed by atoms with van der Waals surface area (Å²) in [5, 5.41) is 0.680. The van der Waals surface area contributed by atoms with E-state index in [1.165, 1.54) is 11.3 Å². The predicted molar refractivity (Wildman–Crippen MR) is 140 cm³/mol. The Bertz CT molecular complexity index is 1020. The van der Waals surface area contributed by atoms with Crippen LogP contribution in [-0.4, -0.2) is 55.7 Å². The number of anilines is 1. The van der Waals surface area contributed by atoms with Gasteiger partial charge in [-0.05, 0) is 49.8 Å². The molecule has 0 bridgehead atoms. The zero-order valence-electron chi connectivity index (χ0n) is 19.9. The molecule has 1 heterocycles. The van der Waals surface area contributed by atoms with Crippen molar-refractivity contribution in [3.63, 3.8) is 0 Å². The summed E-state index contributed by atoms with van der Waals surface area (Å²) in [6, 6.07) is 13.3. The molecule has 0 unspecified atom stereocenters. The number of amides is 1. The fourth-order valence-corrected chi connectivity index (χ4v) is 4.47. The summed E-state index contributed by atoms with van der Waals surface area (Å²) in [6.07, 6.45) is 2.06. The van der Waals surface area contributed by atoms with Crippen molar-refractivity contribution in [2.45, 2.75) is 33.6 Å². The second kappa shape index (κ2) is 13.4. The van der Waals surface area contributed by atoms with Gasteiger partial charge >= 0.3 is 0 Å². The van der Waals surface area contributed by atoms with Crippen LogP contribution >= 0.6 is 23.7 Å². The maximum atomic E-state index is 13.6. The van der Waals surface area contributed by atoms with Gasteiger partial charge in [-0.15, -0.1) is 12.4 Å². The number of methoxy groups -OCH3 is 1. The second-order valence-corrected chi connectivity index (χ2v) is 8.53. The van der Waals surface area contributed by atoms with E-state index in [1.54, 1.807) is 12.0 Å². The number of fused-ring (bicyclic) bond motifs is 1. The van der Waals surface area contributed by atoms with Crippen LogP contribution in [0.15, 0.2) is 42.5 Å². The number of hydrogen-bond donors (Lipinski definition) is 0. The first-order chi connectivity index (χ1) is 15.6. The Morgan fingerprint density at radius 2 is 1.82 bits per heavy atom. The fourth-order valence-electron chi connectivity index (χ4n) is 3.47. The highest BCUT2D eigenvalue weighted by molar-refractivity contribution is 7.22. The van der Waals surface area contributed by atoms with Crippen molar-refractivity contribution in [2.24, 2.45) is 0 Å². The Morgan fingerprint density at radius 1 is 1.06 bits per heavy atom. The SMILES string of the molecule is CCCCOc1cccc(C(=O)N(CCN(CC)CC)c2nc3c(OC)cccc3s2)c1.Cl. The molecule has 0 N–H and O–H groups in total. The van der Waals surface area contributed by atoms with Crippen LogP contribution in [0.4, 0.5) is 5.13 Å². The molecule has 0 spiro atoms. The lowest BCUT2D eigenvalue weighted by atomic mass is 10.2.